The normalized spacial score (nSPS) is 10.5. The molecule has 0 radical (unpaired) electrons. The molecule has 3 rings (SSSR count). The SMILES string of the molecule is COCCN(Cc1ccccc1)C(=O)Cc1ccc(NC(=O)c2ccc(Br)cc2)cc1. The van der Waals surface area contributed by atoms with Gasteiger partial charge >= 0.3 is 0 Å². The van der Waals surface area contributed by atoms with Crippen molar-refractivity contribution in [3.8, 4) is 0 Å². The predicted octanol–water partition coefficient (Wildman–Crippen LogP) is 4.92. The maximum atomic E-state index is 12.9. The minimum atomic E-state index is -0.176. The van der Waals surface area contributed by atoms with Crippen molar-refractivity contribution in [3.63, 3.8) is 0 Å². The fraction of sp³-hybridized carbons (Fsp3) is 0.200. The van der Waals surface area contributed by atoms with E-state index in [4.69, 9.17) is 4.74 Å². The molecular weight excluding hydrogens is 456 g/mol. The minimum Gasteiger partial charge on any atom is -0.383 e. The van der Waals surface area contributed by atoms with E-state index in [0.717, 1.165) is 15.6 Å². The summed E-state index contributed by atoms with van der Waals surface area (Å²) in [6.45, 7) is 1.57. The number of methoxy groups -OCH3 is 1. The van der Waals surface area contributed by atoms with Crippen LogP contribution in [0.15, 0.2) is 83.3 Å². The molecule has 3 aromatic rings. The van der Waals surface area contributed by atoms with Gasteiger partial charge in [-0.2, -0.15) is 0 Å². The van der Waals surface area contributed by atoms with Gasteiger partial charge in [0.15, 0.2) is 0 Å². The number of carbonyl (C=O) groups excluding carboxylic acids is 2. The number of ether oxygens (including phenoxy) is 1. The van der Waals surface area contributed by atoms with Gasteiger partial charge in [-0.15, -0.1) is 0 Å². The van der Waals surface area contributed by atoms with Crippen LogP contribution in [0.4, 0.5) is 5.69 Å². The van der Waals surface area contributed by atoms with Crippen LogP contribution in [0.1, 0.15) is 21.5 Å². The number of hydrogen-bond donors (Lipinski definition) is 1. The summed E-state index contributed by atoms with van der Waals surface area (Å²) in [6.07, 6.45) is 0.289. The van der Waals surface area contributed by atoms with Crippen LogP contribution in [0.25, 0.3) is 0 Å². The molecule has 0 spiro atoms. The Balaban J connectivity index is 1.60. The number of nitrogens with one attached hydrogen (secondary N) is 1. The maximum absolute atomic E-state index is 12.9. The van der Waals surface area contributed by atoms with E-state index in [1.165, 1.54) is 0 Å². The van der Waals surface area contributed by atoms with Gasteiger partial charge in [-0.05, 0) is 47.5 Å². The van der Waals surface area contributed by atoms with Gasteiger partial charge in [0.1, 0.15) is 0 Å². The van der Waals surface area contributed by atoms with Gasteiger partial charge in [-0.1, -0.05) is 58.4 Å². The lowest BCUT2D eigenvalue weighted by Crippen LogP contribution is -2.34. The third kappa shape index (κ3) is 7.05. The number of carbonyl (C=O) groups is 2. The van der Waals surface area contributed by atoms with Gasteiger partial charge in [-0.25, -0.2) is 0 Å². The molecule has 0 aromatic heterocycles. The third-order valence-corrected chi connectivity index (χ3v) is 5.34. The zero-order valence-corrected chi connectivity index (χ0v) is 19.0. The van der Waals surface area contributed by atoms with Gasteiger partial charge in [-0.3, -0.25) is 9.59 Å². The zero-order valence-electron chi connectivity index (χ0n) is 17.4. The van der Waals surface area contributed by atoms with E-state index < -0.39 is 0 Å². The molecule has 0 aliphatic heterocycles. The van der Waals surface area contributed by atoms with Crippen LogP contribution in [-0.4, -0.2) is 37.0 Å². The molecule has 0 atom stereocenters. The third-order valence-electron chi connectivity index (χ3n) is 4.81. The van der Waals surface area contributed by atoms with Crippen molar-refractivity contribution in [1.29, 1.82) is 0 Å². The molecule has 0 aliphatic rings. The summed E-state index contributed by atoms with van der Waals surface area (Å²) in [4.78, 5) is 27.1. The van der Waals surface area contributed by atoms with E-state index in [1.807, 2.05) is 71.6 Å². The predicted molar refractivity (Wildman–Crippen MR) is 126 cm³/mol. The van der Waals surface area contributed by atoms with E-state index in [0.29, 0.717) is 30.9 Å². The van der Waals surface area contributed by atoms with Crippen molar-refractivity contribution < 1.29 is 14.3 Å². The Morgan fingerprint density at radius 1 is 0.903 bits per heavy atom. The highest BCUT2D eigenvalue weighted by molar-refractivity contribution is 9.10. The van der Waals surface area contributed by atoms with Crippen LogP contribution in [0.3, 0.4) is 0 Å². The summed E-state index contributed by atoms with van der Waals surface area (Å²) >= 11 is 3.36. The summed E-state index contributed by atoms with van der Waals surface area (Å²) in [5.41, 5.74) is 3.24. The summed E-state index contributed by atoms with van der Waals surface area (Å²) in [5.74, 6) is -0.141. The van der Waals surface area contributed by atoms with E-state index >= 15 is 0 Å². The van der Waals surface area contributed by atoms with Crippen LogP contribution >= 0.6 is 15.9 Å². The monoisotopic (exact) mass is 480 g/mol. The Hall–Kier alpha value is -2.96. The second-order valence-electron chi connectivity index (χ2n) is 7.13. The second-order valence-corrected chi connectivity index (χ2v) is 8.04. The number of halogens is 1. The van der Waals surface area contributed by atoms with Crippen molar-refractivity contribution in [1.82, 2.24) is 4.90 Å². The van der Waals surface area contributed by atoms with Crippen molar-refractivity contribution in [2.75, 3.05) is 25.6 Å². The first-order valence-electron chi connectivity index (χ1n) is 10.0. The second kappa shape index (κ2) is 11.4. The van der Waals surface area contributed by atoms with Gasteiger partial charge < -0.3 is 15.0 Å². The first-order valence-corrected chi connectivity index (χ1v) is 10.8. The van der Waals surface area contributed by atoms with Crippen LogP contribution in [0.5, 0.6) is 0 Å². The molecular formula is C25H25BrN2O3. The van der Waals surface area contributed by atoms with Gasteiger partial charge in [0.2, 0.25) is 5.91 Å². The molecule has 0 aliphatic carbocycles. The average molecular weight is 481 g/mol. The Morgan fingerprint density at radius 2 is 1.58 bits per heavy atom. The van der Waals surface area contributed by atoms with Crippen LogP contribution in [0, 0.1) is 0 Å². The Labute approximate surface area is 191 Å². The Morgan fingerprint density at radius 3 is 2.23 bits per heavy atom. The van der Waals surface area contributed by atoms with Gasteiger partial charge in [0.05, 0.1) is 13.0 Å². The lowest BCUT2D eigenvalue weighted by Gasteiger charge is -2.23. The van der Waals surface area contributed by atoms with E-state index in [1.54, 1.807) is 19.2 Å². The highest BCUT2D eigenvalue weighted by atomic mass is 79.9. The standard InChI is InChI=1S/C25H25BrN2O3/c1-31-16-15-28(18-20-5-3-2-4-6-20)24(29)17-19-7-13-23(14-8-19)27-25(30)21-9-11-22(26)12-10-21/h2-14H,15-18H2,1H3,(H,27,30). The quantitative estimate of drug-likeness (QED) is 0.472. The molecule has 0 saturated carbocycles. The smallest absolute Gasteiger partial charge is 0.255 e. The van der Waals surface area contributed by atoms with Crippen molar-refractivity contribution in [2.24, 2.45) is 0 Å². The highest BCUT2D eigenvalue weighted by Crippen LogP contribution is 2.15. The number of nitrogens with zero attached hydrogens (tertiary/aromatic N) is 1. The molecule has 160 valence electrons. The molecule has 0 saturated heterocycles. The summed E-state index contributed by atoms with van der Waals surface area (Å²) < 4.78 is 6.09. The number of hydrogen-bond acceptors (Lipinski definition) is 3. The number of anilines is 1. The molecule has 3 aromatic carbocycles. The van der Waals surface area contributed by atoms with Crippen molar-refractivity contribution >= 4 is 33.4 Å². The van der Waals surface area contributed by atoms with E-state index in [-0.39, 0.29) is 18.2 Å². The molecule has 31 heavy (non-hydrogen) atoms. The zero-order chi connectivity index (χ0) is 22.1. The van der Waals surface area contributed by atoms with E-state index in [9.17, 15) is 9.59 Å². The first-order chi connectivity index (χ1) is 15.0. The summed E-state index contributed by atoms with van der Waals surface area (Å²) in [6, 6.07) is 24.5. The van der Waals surface area contributed by atoms with E-state index in [2.05, 4.69) is 21.2 Å². The average Bonchev–Trinajstić information content (AvgIpc) is 2.79. The Kier molecular flexibility index (Phi) is 8.38. The molecule has 5 nitrogen and oxygen atoms in total. The Bertz CT molecular complexity index is 990. The summed E-state index contributed by atoms with van der Waals surface area (Å²) in [7, 11) is 1.63. The highest BCUT2D eigenvalue weighted by Gasteiger charge is 2.15. The lowest BCUT2D eigenvalue weighted by atomic mass is 10.1. The fourth-order valence-electron chi connectivity index (χ4n) is 3.09. The number of amides is 2. The molecule has 0 heterocycles. The maximum Gasteiger partial charge on any atom is 0.255 e. The molecule has 6 heteroatoms. The van der Waals surface area contributed by atoms with Crippen molar-refractivity contribution in [3.05, 3.63) is 100 Å². The van der Waals surface area contributed by atoms with Crippen molar-refractivity contribution in [2.45, 2.75) is 13.0 Å². The lowest BCUT2D eigenvalue weighted by molar-refractivity contribution is -0.131. The first kappa shape index (κ1) is 22.7. The molecule has 1 N–H and O–H groups in total. The van der Waals surface area contributed by atoms with Crippen LogP contribution < -0.4 is 5.32 Å². The summed E-state index contributed by atoms with van der Waals surface area (Å²) in [5, 5.41) is 2.88. The minimum absolute atomic E-state index is 0.0348. The molecule has 0 bridgehead atoms. The molecule has 0 unspecified atom stereocenters. The topological polar surface area (TPSA) is 58.6 Å². The van der Waals surface area contributed by atoms with Gasteiger partial charge in [0.25, 0.3) is 5.91 Å². The fourth-order valence-corrected chi connectivity index (χ4v) is 3.36. The van der Waals surface area contributed by atoms with Crippen LogP contribution in [0.2, 0.25) is 0 Å². The molecule has 0 fully saturated rings. The number of rotatable bonds is 9. The van der Waals surface area contributed by atoms with Gasteiger partial charge in [0, 0.05) is 35.9 Å². The largest absolute Gasteiger partial charge is 0.383 e. The number of benzene rings is 3. The van der Waals surface area contributed by atoms with Crippen LogP contribution in [-0.2, 0) is 22.5 Å². The molecule has 2 amide bonds.